The first-order chi connectivity index (χ1) is 9.88. The van der Waals surface area contributed by atoms with E-state index in [1.165, 1.54) is 17.6 Å². The smallest absolute Gasteiger partial charge is 0.00887 e. The molecular formula is C20H22. The molecule has 2 atom stereocenters. The Hall–Kier alpha value is -1.82. The molecule has 0 heterocycles. The summed E-state index contributed by atoms with van der Waals surface area (Å²) >= 11 is 0. The van der Waals surface area contributed by atoms with E-state index in [2.05, 4.69) is 73.7 Å². The quantitative estimate of drug-likeness (QED) is 0.695. The van der Waals surface area contributed by atoms with Crippen LogP contribution in [0.3, 0.4) is 0 Å². The van der Waals surface area contributed by atoms with Crippen molar-refractivity contribution in [2.45, 2.75) is 26.2 Å². The lowest BCUT2D eigenvalue weighted by Gasteiger charge is -2.30. The topological polar surface area (TPSA) is 0 Å². The van der Waals surface area contributed by atoms with E-state index in [1.54, 1.807) is 5.57 Å². The number of allylic oxidation sites excluding steroid dienone is 8. The molecule has 20 heavy (non-hydrogen) atoms. The molecule has 1 aromatic carbocycles. The second-order valence-electron chi connectivity index (χ2n) is 5.70. The molecule has 0 fully saturated rings. The lowest BCUT2D eigenvalue weighted by atomic mass is 9.74. The third-order valence-electron chi connectivity index (χ3n) is 4.47. The van der Waals surface area contributed by atoms with Crippen LogP contribution in [0.15, 0.2) is 77.9 Å². The zero-order valence-electron chi connectivity index (χ0n) is 12.1. The molecule has 0 radical (unpaired) electrons. The summed E-state index contributed by atoms with van der Waals surface area (Å²) in [4.78, 5) is 0. The van der Waals surface area contributed by atoms with Crippen LogP contribution < -0.4 is 0 Å². The monoisotopic (exact) mass is 262 g/mol. The Morgan fingerprint density at radius 2 is 1.95 bits per heavy atom. The normalized spacial score (nSPS) is 21.9. The summed E-state index contributed by atoms with van der Waals surface area (Å²) in [5.74, 6) is 1.26. The second-order valence-corrected chi connectivity index (χ2v) is 5.70. The van der Waals surface area contributed by atoms with E-state index in [0.29, 0.717) is 11.8 Å². The van der Waals surface area contributed by atoms with Crippen molar-refractivity contribution < 1.29 is 0 Å². The van der Waals surface area contributed by atoms with Crippen molar-refractivity contribution >= 4 is 0 Å². The highest BCUT2D eigenvalue weighted by molar-refractivity contribution is 5.43. The molecule has 2 aliphatic carbocycles. The van der Waals surface area contributed by atoms with E-state index < -0.39 is 0 Å². The van der Waals surface area contributed by atoms with Crippen LogP contribution in [0.25, 0.3) is 0 Å². The Labute approximate surface area is 122 Å². The van der Waals surface area contributed by atoms with E-state index in [-0.39, 0.29) is 0 Å². The Morgan fingerprint density at radius 3 is 2.75 bits per heavy atom. The Kier molecular flexibility index (Phi) is 4.01. The highest BCUT2D eigenvalue weighted by atomic mass is 14.3. The average molecular weight is 262 g/mol. The SMILES string of the molecule is CCC(Cc1ccccc1)C1=CC=CC2=CC=CCC21. The van der Waals surface area contributed by atoms with Gasteiger partial charge >= 0.3 is 0 Å². The molecule has 3 rings (SSSR count). The molecule has 102 valence electrons. The number of hydrogen-bond donors (Lipinski definition) is 0. The molecular weight excluding hydrogens is 240 g/mol. The summed E-state index contributed by atoms with van der Waals surface area (Å²) in [7, 11) is 0. The van der Waals surface area contributed by atoms with Gasteiger partial charge in [-0.2, -0.15) is 0 Å². The first kappa shape index (κ1) is 13.2. The van der Waals surface area contributed by atoms with Crippen LogP contribution >= 0.6 is 0 Å². The van der Waals surface area contributed by atoms with Crippen molar-refractivity contribution in [2.75, 3.05) is 0 Å². The second kappa shape index (κ2) is 6.09. The van der Waals surface area contributed by atoms with Crippen molar-refractivity contribution in [3.8, 4) is 0 Å². The van der Waals surface area contributed by atoms with E-state index in [9.17, 15) is 0 Å². The van der Waals surface area contributed by atoms with Gasteiger partial charge in [0.1, 0.15) is 0 Å². The van der Waals surface area contributed by atoms with Gasteiger partial charge in [-0.1, -0.05) is 79.3 Å². The summed E-state index contributed by atoms with van der Waals surface area (Å²) in [6.07, 6.45) is 17.1. The maximum Gasteiger partial charge on any atom is 0.00887 e. The Morgan fingerprint density at radius 1 is 1.10 bits per heavy atom. The van der Waals surface area contributed by atoms with Crippen molar-refractivity contribution in [2.24, 2.45) is 11.8 Å². The number of fused-ring (bicyclic) bond motifs is 1. The molecule has 0 aliphatic heterocycles. The van der Waals surface area contributed by atoms with Crippen molar-refractivity contribution in [1.82, 2.24) is 0 Å². The Balaban J connectivity index is 1.82. The first-order valence-electron chi connectivity index (χ1n) is 7.67. The number of hydrogen-bond acceptors (Lipinski definition) is 0. The van der Waals surface area contributed by atoms with Gasteiger partial charge in [-0.3, -0.25) is 0 Å². The Bertz CT molecular complexity index is 569. The van der Waals surface area contributed by atoms with Crippen molar-refractivity contribution in [3.05, 3.63) is 83.5 Å². The third-order valence-corrected chi connectivity index (χ3v) is 4.47. The number of benzene rings is 1. The lowest BCUT2D eigenvalue weighted by molar-refractivity contribution is 0.518. The van der Waals surface area contributed by atoms with E-state index in [4.69, 9.17) is 0 Å². The summed E-state index contributed by atoms with van der Waals surface area (Å²) in [6, 6.07) is 10.9. The van der Waals surface area contributed by atoms with E-state index in [0.717, 1.165) is 12.8 Å². The minimum absolute atomic E-state index is 0.610. The van der Waals surface area contributed by atoms with Gasteiger partial charge in [-0.15, -0.1) is 0 Å². The summed E-state index contributed by atoms with van der Waals surface area (Å²) in [5, 5.41) is 0. The highest BCUT2D eigenvalue weighted by Crippen LogP contribution is 2.38. The molecule has 0 bridgehead atoms. The molecule has 0 aromatic heterocycles. The minimum Gasteiger partial charge on any atom is -0.0836 e. The fourth-order valence-electron chi connectivity index (χ4n) is 3.35. The van der Waals surface area contributed by atoms with Crippen LogP contribution in [0.4, 0.5) is 0 Å². The van der Waals surface area contributed by atoms with Gasteiger partial charge in [0.15, 0.2) is 0 Å². The zero-order valence-corrected chi connectivity index (χ0v) is 12.1. The standard InChI is InChI=1S/C20H22/c1-2-17(15-16-9-4-3-5-10-16)19-14-8-12-18-11-6-7-13-20(18)19/h3-12,14,17,20H,2,13,15H2,1H3. The molecule has 0 N–H and O–H groups in total. The van der Waals surface area contributed by atoms with Gasteiger partial charge in [0.25, 0.3) is 0 Å². The molecule has 0 saturated carbocycles. The largest absolute Gasteiger partial charge is 0.0836 e. The van der Waals surface area contributed by atoms with Gasteiger partial charge in [-0.25, -0.2) is 0 Å². The van der Waals surface area contributed by atoms with Gasteiger partial charge in [0.05, 0.1) is 0 Å². The van der Waals surface area contributed by atoms with Crippen LogP contribution in [-0.4, -0.2) is 0 Å². The number of rotatable bonds is 4. The van der Waals surface area contributed by atoms with Gasteiger partial charge < -0.3 is 0 Å². The predicted octanol–water partition coefficient (Wildman–Crippen LogP) is 5.25. The minimum atomic E-state index is 0.610. The van der Waals surface area contributed by atoms with Gasteiger partial charge in [0, 0.05) is 5.92 Å². The van der Waals surface area contributed by atoms with Crippen LogP contribution in [0, 0.1) is 11.8 Å². The average Bonchev–Trinajstić information content (AvgIpc) is 2.53. The summed E-state index contributed by atoms with van der Waals surface area (Å²) in [6.45, 7) is 2.31. The van der Waals surface area contributed by atoms with Gasteiger partial charge in [-0.05, 0) is 36.3 Å². The molecule has 0 amide bonds. The first-order valence-corrected chi connectivity index (χ1v) is 7.67. The highest BCUT2D eigenvalue weighted by Gasteiger charge is 2.25. The van der Waals surface area contributed by atoms with Crippen LogP contribution in [0.2, 0.25) is 0 Å². The van der Waals surface area contributed by atoms with E-state index >= 15 is 0 Å². The molecule has 0 nitrogen and oxygen atoms in total. The van der Waals surface area contributed by atoms with Gasteiger partial charge in [0.2, 0.25) is 0 Å². The maximum absolute atomic E-state index is 2.36. The molecule has 0 heteroatoms. The fourth-order valence-corrected chi connectivity index (χ4v) is 3.35. The molecule has 2 unspecified atom stereocenters. The van der Waals surface area contributed by atoms with E-state index in [1.807, 2.05) is 0 Å². The molecule has 0 spiro atoms. The maximum atomic E-state index is 2.36. The molecule has 1 aromatic rings. The van der Waals surface area contributed by atoms with Crippen molar-refractivity contribution in [1.29, 1.82) is 0 Å². The predicted molar refractivity (Wildman–Crippen MR) is 86.5 cm³/mol. The lowest BCUT2D eigenvalue weighted by Crippen LogP contribution is -2.19. The molecule has 0 saturated heterocycles. The van der Waals surface area contributed by atoms with Crippen molar-refractivity contribution in [3.63, 3.8) is 0 Å². The summed E-state index contributed by atoms with van der Waals surface area (Å²) in [5.41, 5.74) is 4.55. The fraction of sp³-hybridized carbons (Fsp3) is 0.300. The van der Waals surface area contributed by atoms with Crippen LogP contribution in [0.5, 0.6) is 0 Å². The third kappa shape index (κ3) is 2.70. The summed E-state index contributed by atoms with van der Waals surface area (Å²) < 4.78 is 0. The van der Waals surface area contributed by atoms with Crippen LogP contribution in [0.1, 0.15) is 25.3 Å². The van der Waals surface area contributed by atoms with Crippen LogP contribution in [-0.2, 0) is 6.42 Å². The molecule has 2 aliphatic rings. The zero-order chi connectivity index (χ0) is 13.8.